The molecule has 0 fully saturated rings. The van der Waals surface area contributed by atoms with Crippen LogP contribution >= 0.6 is 0 Å². The number of aliphatic hydroxyl groups is 2. The second-order valence-corrected chi connectivity index (χ2v) is 19.6. The van der Waals surface area contributed by atoms with Crippen molar-refractivity contribution in [3.05, 3.63) is 12.2 Å². The smallest absolute Gasteiger partial charge is 0.305 e. The van der Waals surface area contributed by atoms with Crippen molar-refractivity contribution in [2.45, 2.75) is 328 Å². The average molecular weight is 891 g/mol. The number of nitrogens with one attached hydrogen (secondary N) is 1. The maximum atomic E-state index is 12.4. The molecule has 0 radical (unpaired) electrons. The minimum atomic E-state index is -0.843. The summed E-state index contributed by atoms with van der Waals surface area (Å²) in [4.78, 5) is 24.5. The maximum absolute atomic E-state index is 12.4. The molecule has 3 N–H and O–H groups in total. The Balaban J connectivity index is 3.36. The summed E-state index contributed by atoms with van der Waals surface area (Å²) in [5, 5.41) is 23.0. The van der Waals surface area contributed by atoms with Gasteiger partial charge in [-0.05, 0) is 32.1 Å². The topological polar surface area (TPSA) is 95.9 Å². The molecule has 0 aromatic carbocycles. The Morgan fingerprint density at radius 2 is 0.730 bits per heavy atom. The lowest BCUT2D eigenvalue weighted by Crippen LogP contribution is -2.45. The Hall–Kier alpha value is -1.40. The predicted molar refractivity (Wildman–Crippen MR) is 273 cm³/mol. The van der Waals surface area contributed by atoms with Crippen LogP contribution in [0.1, 0.15) is 316 Å². The SMILES string of the molecule is CCCCCCCCCC/C=C/C(O)C(CO)NC(=O)CCCCCCCCCCCCCCCCCCCCCCOC(=O)CCCCCCCCCCCCCCCCCC. The van der Waals surface area contributed by atoms with Gasteiger partial charge in [0.1, 0.15) is 0 Å². The number of hydrogen-bond acceptors (Lipinski definition) is 5. The number of carbonyl (C=O) groups excluding carboxylic acids is 2. The van der Waals surface area contributed by atoms with Gasteiger partial charge in [-0.25, -0.2) is 0 Å². The fraction of sp³-hybridized carbons (Fsp3) is 0.930. The first kappa shape index (κ1) is 61.6. The number of unbranched alkanes of at least 4 members (excludes halogenated alkanes) is 42. The minimum Gasteiger partial charge on any atom is -0.466 e. The van der Waals surface area contributed by atoms with Crippen molar-refractivity contribution < 1.29 is 24.5 Å². The number of ether oxygens (including phenoxy) is 1. The van der Waals surface area contributed by atoms with Crippen molar-refractivity contribution in [2.24, 2.45) is 0 Å². The molecule has 2 atom stereocenters. The van der Waals surface area contributed by atoms with E-state index in [1.807, 2.05) is 6.08 Å². The number of carbonyl (C=O) groups is 2. The molecule has 0 aliphatic carbocycles. The van der Waals surface area contributed by atoms with Crippen molar-refractivity contribution in [3.8, 4) is 0 Å². The van der Waals surface area contributed by atoms with Gasteiger partial charge in [0.05, 0.1) is 25.4 Å². The molecule has 2 unspecified atom stereocenters. The van der Waals surface area contributed by atoms with Gasteiger partial charge in [0.25, 0.3) is 0 Å². The van der Waals surface area contributed by atoms with Crippen molar-refractivity contribution in [2.75, 3.05) is 13.2 Å². The summed E-state index contributed by atoms with van der Waals surface area (Å²) < 4.78 is 5.49. The van der Waals surface area contributed by atoms with Crippen molar-refractivity contribution in [1.82, 2.24) is 5.32 Å². The van der Waals surface area contributed by atoms with Crippen molar-refractivity contribution >= 4 is 11.9 Å². The van der Waals surface area contributed by atoms with Crippen LogP contribution in [0.4, 0.5) is 0 Å². The predicted octanol–water partition coefficient (Wildman–Crippen LogP) is 17.3. The zero-order chi connectivity index (χ0) is 45.8. The molecule has 0 saturated carbocycles. The Morgan fingerprint density at radius 3 is 1.08 bits per heavy atom. The first-order valence-electron chi connectivity index (χ1n) is 28.5. The highest BCUT2D eigenvalue weighted by molar-refractivity contribution is 5.76. The van der Waals surface area contributed by atoms with E-state index in [9.17, 15) is 19.8 Å². The molecule has 1 amide bonds. The van der Waals surface area contributed by atoms with Gasteiger partial charge in [-0.3, -0.25) is 9.59 Å². The molecule has 0 spiro atoms. The van der Waals surface area contributed by atoms with Gasteiger partial charge in [-0.15, -0.1) is 0 Å². The highest BCUT2D eigenvalue weighted by Crippen LogP contribution is 2.17. The van der Waals surface area contributed by atoms with E-state index in [1.165, 1.54) is 250 Å². The Bertz CT molecular complexity index is 939. The summed E-state index contributed by atoms with van der Waals surface area (Å²) >= 11 is 0. The first-order chi connectivity index (χ1) is 31.0. The molecule has 0 saturated heterocycles. The van der Waals surface area contributed by atoms with Gasteiger partial charge in [0, 0.05) is 12.8 Å². The van der Waals surface area contributed by atoms with Crippen LogP contribution < -0.4 is 5.32 Å². The van der Waals surface area contributed by atoms with Crippen LogP contribution in [0, 0.1) is 0 Å². The van der Waals surface area contributed by atoms with Gasteiger partial charge < -0.3 is 20.3 Å². The zero-order valence-corrected chi connectivity index (χ0v) is 42.6. The van der Waals surface area contributed by atoms with E-state index < -0.39 is 12.1 Å². The van der Waals surface area contributed by atoms with E-state index in [4.69, 9.17) is 4.74 Å². The van der Waals surface area contributed by atoms with Gasteiger partial charge in [-0.2, -0.15) is 0 Å². The van der Waals surface area contributed by atoms with Crippen LogP contribution in [0.3, 0.4) is 0 Å². The fourth-order valence-electron chi connectivity index (χ4n) is 8.93. The normalized spacial score (nSPS) is 12.6. The van der Waals surface area contributed by atoms with E-state index >= 15 is 0 Å². The summed E-state index contributed by atoms with van der Waals surface area (Å²) in [5.41, 5.74) is 0. The largest absolute Gasteiger partial charge is 0.466 e. The molecule has 6 heteroatoms. The molecule has 0 aromatic heterocycles. The molecule has 63 heavy (non-hydrogen) atoms. The third-order valence-corrected chi connectivity index (χ3v) is 13.3. The van der Waals surface area contributed by atoms with Crippen LogP contribution in [0.25, 0.3) is 0 Å². The Kier molecular flexibility index (Phi) is 52.0. The lowest BCUT2D eigenvalue weighted by atomic mass is 10.0. The van der Waals surface area contributed by atoms with E-state index in [1.54, 1.807) is 6.08 Å². The number of esters is 1. The minimum absolute atomic E-state index is 0.0135. The van der Waals surface area contributed by atoms with Crippen LogP contribution in [-0.2, 0) is 14.3 Å². The van der Waals surface area contributed by atoms with Crippen LogP contribution in [0.5, 0.6) is 0 Å². The van der Waals surface area contributed by atoms with Crippen molar-refractivity contribution in [3.63, 3.8) is 0 Å². The van der Waals surface area contributed by atoms with Crippen molar-refractivity contribution in [1.29, 1.82) is 0 Å². The third kappa shape index (κ3) is 49.9. The van der Waals surface area contributed by atoms with Gasteiger partial charge >= 0.3 is 5.97 Å². The highest BCUT2D eigenvalue weighted by atomic mass is 16.5. The number of amides is 1. The third-order valence-electron chi connectivity index (χ3n) is 13.3. The standard InChI is InChI=1S/C57H111NO5/c1-3-5-7-9-11-13-15-16-17-25-28-31-35-39-43-47-51-57(62)63-52-48-44-40-36-32-29-26-23-21-19-18-20-22-24-27-30-34-38-42-46-50-56(61)58-54(53-59)55(60)49-45-41-37-33-14-12-10-8-6-4-2/h45,49,54-55,59-60H,3-44,46-48,50-53H2,1-2H3,(H,58,61)/b49-45+. The Morgan fingerprint density at radius 1 is 0.429 bits per heavy atom. The lowest BCUT2D eigenvalue weighted by Gasteiger charge is -2.20. The molecule has 0 aromatic rings. The van der Waals surface area contributed by atoms with Crippen LogP contribution in [0.2, 0.25) is 0 Å². The summed E-state index contributed by atoms with van der Waals surface area (Å²) in [6.07, 6.45) is 62.4. The molecule has 0 aliphatic rings. The second-order valence-electron chi connectivity index (χ2n) is 19.6. The molecule has 0 rings (SSSR count). The second kappa shape index (κ2) is 53.2. The average Bonchev–Trinajstić information content (AvgIpc) is 3.28. The zero-order valence-electron chi connectivity index (χ0n) is 42.6. The van der Waals surface area contributed by atoms with E-state index in [2.05, 4.69) is 19.2 Å². The monoisotopic (exact) mass is 890 g/mol. The maximum Gasteiger partial charge on any atom is 0.305 e. The highest BCUT2D eigenvalue weighted by Gasteiger charge is 2.18. The van der Waals surface area contributed by atoms with Crippen LogP contribution in [-0.4, -0.2) is 47.4 Å². The molecule has 374 valence electrons. The first-order valence-corrected chi connectivity index (χ1v) is 28.5. The van der Waals surface area contributed by atoms with E-state index in [0.717, 1.165) is 38.5 Å². The van der Waals surface area contributed by atoms with E-state index in [0.29, 0.717) is 19.4 Å². The molecule has 0 heterocycles. The van der Waals surface area contributed by atoms with E-state index in [-0.39, 0.29) is 18.5 Å². The number of aliphatic hydroxyl groups excluding tert-OH is 2. The fourth-order valence-corrected chi connectivity index (χ4v) is 8.93. The summed E-state index contributed by atoms with van der Waals surface area (Å²) in [6, 6.07) is -0.626. The van der Waals surface area contributed by atoms with Gasteiger partial charge in [-0.1, -0.05) is 283 Å². The molecule has 6 nitrogen and oxygen atoms in total. The summed E-state index contributed by atoms with van der Waals surface area (Å²) in [5.74, 6) is -0.0572. The number of allylic oxidation sites excluding steroid dienone is 1. The molecular weight excluding hydrogens is 779 g/mol. The molecule has 0 bridgehead atoms. The quantitative estimate of drug-likeness (QED) is 0.0321. The number of rotatable bonds is 53. The van der Waals surface area contributed by atoms with Gasteiger partial charge in [0.15, 0.2) is 0 Å². The number of hydrogen-bond donors (Lipinski definition) is 3. The van der Waals surface area contributed by atoms with Gasteiger partial charge in [0.2, 0.25) is 5.91 Å². The lowest BCUT2D eigenvalue weighted by molar-refractivity contribution is -0.143. The molecular formula is C57H111NO5. The Labute approximate surface area is 393 Å². The molecule has 0 aliphatic heterocycles. The summed E-state index contributed by atoms with van der Waals surface area (Å²) in [6.45, 7) is 4.90. The summed E-state index contributed by atoms with van der Waals surface area (Å²) in [7, 11) is 0. The van der Waals surface area contributed by atoms with Crippen LogP contribution in [0.15, 0.2) is 12.2 Å².